The van der Waals surface area contributed by atoms with E-state index in [1.54, 1.807) is 0 Å². The average molecular weight is 494 g/mol. The molecule has 0 bridgehead atoms. The van der Waals surface area contributed by atoms with Crippen molar-refractivity contribution in [3.05, 3.63) is 54.1 Å². The minimum atomic E-state index is -0.296. The van der Waals surface area contributed by atoms with Crippen LogP contribution in [0.2, 0.25) is 0 Å². The number of hydrogen-bond donors (Lipinski definition) is 0. The average Bonchev–Trinajstić information content (AvgIpc) is 3.49. The molecule has 3 aliphatic rings. The van der Waals surface area contributed by atoms with Crippen molar-refractivity contribution in [1.82, 2.24) is 14.7 Å². The predicted molar refractivity (Wildman–Crippen MR) is 136 cm³/mol. The molecule has 0 unspecified atom stereocenters. The van der Waals surface area contributed by atoms with Crippen molar-refractivity contribution >= 4 is 11.8 Å². The van der Waals surface area contributed by atoms with Crippen LogP contribution in [-0.4, -0.2) is 105 Å². The summed E-state index contributed by atoms with van der Waals surface area (Å²) < 4.78 is 16.8. The van der Waals surface area contributed by atoms with Crippen LogP contribution < -0.4 is 4.74 Å². The zero-order chi connectivity index (χ0) is 24.7. The fourth-order valence-electron chi connectivity index (χ4n) is 4.95. The molecule has 5 rings (SSSR count). The van der Waals surface area contributed by atoms with Crippen LogP contribution in [0.5, 0.6) is 5.75 Å². The van der Waals surface area contributed by atoms with Gasteiger partial charge in [-0.2, -0.15) is 0 Å². The summed E-state index contributed by atoms with van der Waals surface area (Å²) in [4.78, 5) is 31.6. The Morgan fingerprint density at radius 3 is 2.08 bits per heavy atom. The van der Waals surface area contributed by atoms with Crippen molar-refractivity contribution < 1.29 is 23.8 Å². The van der Waals surface area contributed by atoms with Gasteiger partial charge in [0, 0.05) is 58.0 Å². The number of amides is 2. The lowest BCUT2D eigenvalue weighted by Gasteiger charge is -2.35. The van der Waals surface area contributed by atoms with Crippen molar-refractivity contribution in [2.75, 3.05) is 72.2 Å². The highest BCUT2D eigenvalue weighted by Crippen LogP contribution is 2.24. The highest BCUT2D eigenvalue weighted by atomic mass is 16.5. The first-order chi connectivity index (χ1) is 17.7. The van der Waals surface area contributed by atoms with Gasteiger partial charge in [0.15, 0.2) is 0 Å². The largest absolute Gasteiger partial charge is 0.492 e. The Balaban J connectivity index is 1.10. The number of carbonyl (C=O) groups is 2. The molecule has 2 aromatic rings. The topological polar surface area (TPSA) is 71.5 Å². The number of ether oxygens (including phenoxy) is 3. The summed E-state index contributed by atoms with van der Waals surface area (Å²) >= 11 is 0. The van der Waals surface area contributed by atoms with Crippen molar-refractivity contribution in [2.45, 2.75) is 18.9 Å². The van der Waals surface area contributed by atoms with Crippen LogP contribution in [0.4, 0.5) is 0 Å². The normalized spacial score (nSPS) is 20.9. The summed E-state index contributed by atoms with van der Waals surface area (Å²) in [6.45, 7) is 7.97. The second-order valence-electron chi connectivity index (χ2n) is 9.52. The summed E-state index contributed by atoms with van der Waals surface area (Å²) in [5.41, 5.74) is 2.80. The van der Waals surface area contributed by atoms with Crippen molar-refractivity contribution in [3.63, 3.8) is 0 Å². The summed E-state index contributed by atoms with van der Waals surface area (Å²) in [6, 6.07) is 15.8. The number of rotatable bonds is 7. The molecule has 2 aromatic carbocycles. The van der Waals surface area contributed by atoms with Gasteiger partial charge < -0.3 is 24.0 Å². The highest BCUT2D eigenvalue weighted by molar-refractivity contribution is 5.95. The van der Waals surface area contributed by atoms with Crippen LogP contribution in [0.15, 0.2) is 48.5 Å². The fraction of sp³-hybridized carbons (Fsp3) is 0.500. The van der Waals surface area contributed by atoms with Crippen molar-refractivity contribution in [2.24, 2.45) is 0 Å². The third-order valence-electron chi connectivity index (χ3n) is 7.18. The number of hydrogen-bond acceptors (Lipinski definition) is 6. The van der Waals surface area contributed by atoms with Gasteiger partial charge in [0.1, 0.15) is 18.5 Å². The molecule has 8 nitrogen and oxygen atoms in total. The molecule has 36 heavy (non-hydrogen) atoms. The maximum absolute atomic E-state index is 13.0. The summed E-state index contributed by atoms with van der Waals surface area (Å²) in [6.07, 6.45) is 1.45. The smallest absolute Gasteiger partial charge is 0.253 e. The zero-order valence-corrected chi connectivity index (χ0v) is 20.8. The van der Waals surface area contributed by atoms with E-state index in [4.69, 9.17) is 14.2 Å². The summed E-state index contributed by atoms with van der Waals surface area (Å²) in [5.74, 6) is 0.933. The summed E-state index contributed by atoms with van der Waals surface area (Å²) in [5, 5.41) is 0. The molecule has 3 aliphatic heterocycles. The van der Waals surface area contributed by atoms with E-state index in [2.05, 4.69) is 4.90 Å². The first-order valence-corrected chi connectivity index (χ1v) is 13.0. The Bertz CT molecular complexity index is 1010. The molecule has 0 radical (unpaired) electrons. The van der Waals surface area contributed by atoms with Gasteiger partial charge in [-0.05, 0) is 48.2 Å². The molecule has 2 amide bonds. The van der Waals surface area contributed by atoms with Gasteiger partial charge in [-0.15, -0.1) is 0 Å². The molecular formula is C28H35N3O5. The standard InChI is InChI=1S/C28H35N3O5/c32-27(30-11-13-31(14-12-30)28(33)26-2-1-18-36-26)24-5-3-22(4-6-24)23-7-9-25(10-8-23)35-21-17-29-15-19-34-20-16-29/h3-10,26H,1-2,11-21H2/t26-/m0/s1. The molecule has 0 aromatic heterocycles. The minimum absolute atomic E-state index is 0.00906. The second kappa shape index (κ2) is 11.9. The van der Waals surface area contributed by atoms with Gasteiger partial charge >= 0.3 is 0 Å². The quantitative estimate of drug-likeness (QED) is 0.591. The maximum atomic E-state index is 13.0. The van der Waals surface area contributed by atoms with Crippen LogP contribution >= 0.6 is 0 Å². The molecule has 3 saturated heterocycles. The zero-order valence-electron chi connectivity index (χ0n) is 20.8. The minimum Gasteiger partial charge on any atom is -0.492 e. The molecule has 0 aliphatic carbocycles. The van der Waals surface area contributed by atoms with Gasteiger partial charge in [-0.25, -0.2) is 0 Å². The van der Waals surface area contributed by atoms with Crippen LogP contribution in [0.25, 0.3) is 11.1 Å². The van der Waals surface area contributed by atoms with Gasteiger partial charge in [0.2, 0.25) is 0 Å². The molecule has 3 heterocycles. The molecule has 8 heteroatoms. The van der Waals surface area contributed by atoms with E-state index >= 15 is 0 Å². The number of benzene rings is 2. The number of morpholine rings is 1. The third-order valence-corrected chi connectivity index (χ3v) is 7.18. The Kier molecular flexibility index (Phi) is 8.15. The second-order valence-corrected chi connectivity index (χ2v) is 9.52. The van der Waals surface area contributed by atoms with E-state index in [1.165, 1.54) is 0 Å². The van der Waals surface area contributed by atoms with E-state index in [0.29, 0.717) is 45.0 Å². The summed E-state index contributed by atoms with van der Waals surface area (Å²) in [7, 11) is 0. The Hall–Kier alpha value is -2.94. The fourth-order valence-corrected chi connectivity index (χ4v) is 4.95. The molecule has 1 atom stereocenters. The van der Waals surface area contributed by atoms with Gasteiger partial charge in [-0.3, -0.25) is 14.5 Å². The Morgan fingerprint density at radius 1 is 0.806 bits per heavy atom. The predicted octanol–water partition coefficient (Wildman–Crippen LogP) is 2.53. The maximum Gasteiger partial charge on any atom is 0.253 e. The highest BCUT2D eigenvalue weighted by Gasteiger charge is 2.31. The Labute approximate surface area is 212 Å². The molecule has 0 saturated carbocycles. The number of nitrogens with zero attached hydrogens (tertiary/aromatic N) is 3. The van der Waals surface area contributed by atoms with E-state index in [1.807, 2.05) is 58.3 Å². The monoisotopic (exact) mass is 493 g/mol. The van der Waals surface area contributed by atoms with Crippen LogP contribution in [0.3, 0.4) is 0 Å². The molecule has 3 fully saturated rings. The molecular weight excluding hydrogens is 458 g/mol. The van der Waals surface area contributed by atoms with E-state index in [-0.39, 0.29) is 17.9 Å². The van der Waals surface area contributed by atoms with E-state index in [0.717, 1.165) is 62.6 Å². The first-order valence-electron chi connectivity index (χ1n) is 13.0. The van der Waals surface area contributed by atoms with Crippen LogP contribution in [0, 0.1) is 0 Å². The molecule has 0 spiro atoms. The lowest BCUT2D eigenvalue weighted by molar-refractivity contribution is -0.142. The Morgan fingerprint density at radius 2 is 1.44 bits per heavy atom. The number of carbonyl (C=O) groups excluding carboxylic acids is 2. The van der Waals surface area contributed by atoms with Crippen molar-refractivity contribution in [1.29, 1.82) is 0 Å². The van der Waals surface area contributed by atoms with Gasteiger partial charge in [0.05, 0.1) is 13.2 Å². The molecule has 192 valence electrons. The van der Waals surface area contributed by atoms with E-state index in [9.17, 15) is 9.59 Å². The molecule has 0 N–H and O–H groups in total. The van der Waals surface area contributed by atoms with Crippen LogP contribution in [-0.2, 0) is 14.3 Å². The lowest BCUT2D eigenvalue weighted by atomic mass is 10.0. The lowest BCUT2D eigenvalue weighted by Crippen LogP contribution is -2.52. The van der Waals surface area contributed by atoms with Crippen LogP contribution in [0.1, 0.15) is 23.2 Å². The SMILES string of the molecule is O=C(c1ccc(-c2ccc(OCCN3CCOCC3)cc2)cc1)N1CCN(C(=O)[C@@H]2CCCO2)CC1. The van der Waals surface area contributed by atoms with Gasteiger partial charge in [-0.1, -0.05) is 24.3 Å². The number of piperazine rings is 1. The first kappa shape index (κ1) is 24.7. The van der Waals surface area contributed by atoms with Crippen molar-refractivity contribution in [3.8, 4) is 16.9 Å². The van der Waals surface area contributed by atoms with E-state index < -0.39 is 0 Å². The van der Waals surface area contributed by atoms with Gasteiger partial charge in [0.25, 0.3) is 11.8 Å². The third kappa shape index (κ3) is 6.06.